The molecule has 128 valence electrons. The first-order valence-corrected chi connectivity index (χ1v) is 9.21. The lowest BCUT2D eigenvalue weighted by molar-refractivity contribution is 0.402. The Morgan fingerprint density at radius 3 is 2.28 bits per heavy atom. The quantitative estimate of drug-likeness (QED) is 0.738. The van der Waals surface area contributed by atoms with Gasteiger partial charge in [-0.1, -0.05) is 48.5 Å². The summed E-state index contributed by atoms with van der Waals surface area (Å²) in [6.07, 6.45) is 1.64. The summed E-state index contributed by atoms with van der Waals surface area (Å²) in [5, 5.41) is 0. The van der Waals surface area contributed by atoms with Gasteiger partial charge in [0, 0.05) is 6.20 Å². The molecule has 1 heterocycles. The Hall–Kier alpha value is -2.70. The second-order valence-corrected chi connectivity index (χ2v) is 7.05. The highest BCUT2D eigenvalue weighted by molar-refractivity contribution is 7.89. The molecule has 2 aromatic carbocycles. The summed E-state index contributed by atoms with van der Waals surface area (Å²) in [4.78, 5) is 4.41. The summed E-state index contributed by atoms with van der Waals surface area (Å²) < 4.78 is 33.8. The maximum Gasteiger partial charge on any atom is 0.245 e. The van der Waals surface area contributed by atoms with E-state index in [2.05, 4.69) is 9.71 Å². The Morgan fingerprint density at radius 1 is 0.920 bits per heavy atom. The molecule has 6 heteroatoms. The lowest BCUT2D eigenvalue weighted by atomic mass is 10.0. The lowest BCUT2D eigenvalue weighted by Crippen LogP contribution is -2.30. The van der Waals surface area contributed by atoms with Crippen LogP contribution in [0.15, 0.2) is 83.9 Å². The number of nitrogens with one attached hydrogen (secondary N) is 1. The van der Waals surface area contributed by atoms with Crippen molar-refractivity contribution in [3.63, 3.8) is 0 Å². The molecule has 0 bridgehead atoms. The minimum absolute atomic E-state index is 0.0920. The van der Waals surface area contributed by atoms with Crippen molar-refractivity contribution >= 4 is 10.0 Å². The van der Waals surface area contributed by atoms with Crippen LogP contribution in [-0.2, 0) is 10.0 Å². The van der Waals surface area contributed by atoms with Gasteiger partial charge in [-0.05, 0) is 29.8 Å². The molecular formula is C19H18N2O3S. The molecule has 1 N–H and O–H groups in total. The van der Waals surface area contributed by atoms with Gasteiger partial charge >= 0.3 is 0 Å². The molecule has 0 aliphatic heterocycles. The topological polar surface area (TPSA) is 68.3 Å². The van der Waals surface area contributed by atoms with Crippen LogP contribution in [-0.4, -0.2) is 20.5 Å². The zero-order valence-corrected chi connectivity index (χ0v) is 14.5. The second kappa shape index (κ2) is 7.46. The maximum absolute atomic E-state index is 13.0. The van der Waals surface area contributed by atoms with Crippen molar-refractivity contribution in [2.45, 2.75) is 10.9 Å². The Bertz CT molecular complexity index is 890. The zero-order chi connectivity index (χ0) is 17.7. The van der Waals surface area contributed by atoms with E-state index < -0.39 is 16.1 Å². The Labute approximate surface area is 147 Å². The summed E-state index contributed by atoms with van der Waals surface area (Å²) >= 11 is 0. The summed E-state index contributed by atoms with van der Waals surface area (Å²) in [5.41, 5.74) is 1.42. The van der Waals surface area contributed by atoms with E-state index in [0.29, 0.717) is 11.4 Å². The molecule has 3 rings (SSSR count). The first-order valence-electron chi connectivity index (χ1n) is 7.73. The van der Waals surface area contributed by atoms with Crippen LogP contribution in [0, 0.1) is 0 Å². The van der Waals surface area contributed by atoms with E-state index in [4.69, 9.17) is 4.74 Å². The molecule has 1 unspecified atom stereocenters. The predicted molar refractivity (Wildman–Crippen MR) is 95.8 cm³/mol. The zero-order valence-electron chi connectivity index (χ0n) is 13.7. The highest BCUT2D eigenvalue weighted by Gasteiger charge is 2.26. The van der Waals surface area contributed by atoms with Crippen molar-refractivity contribution in [2.24, 2.45) is 0 Å². The Balaban J connectivity index is 2.03. The third-order valence-corrected chi connectivity index (χ3v) is 5.21. The van der Waals surface area contributed by atoms with Gasteiger partial charge in [0.25, 0.3) is 0 Å². The number of hydrogen-bond donors (Lipinski definition) is 1. The van der Waals surface area contributed by atoms with Gasteiger partial charge in [0.1, 0.15) is 10.6 Å². The predicted octanol–water partition coefficient (Wildman–Crippen LogP) is 3.16. The standard InChI is InChI=1S/C19H18N2O3S/c1-24-17-12-5-6-13-18(17)25(22,23)21-19(15-9-3-2-4-10-15)16-11-7-8-14-20-16/h2-14,19,21H,1H3. The normalized spacial score (nSPS) is 12.5. The van der Waals surface area contributed by atoms with Crippen LogP contribution in [0.3, 0.4) is 0 Å². The molecule has 1 atom stereocenters. The van der Waals surface area contributed by atoms with Gasteiger partial charge in [-0.25, -0.2) is 8.42 Å². The van der Waals surface area contributed by atoms with Crippen molar-refractivity contribution in [1.29, 1.82) is 0 Å². The fourth-order valence-corrected chi connectivity index (χ4v) is 3.92. The van der Waals surface area contributed by atoms with E-state index in [1.165, 1.54) is 13.2 Å². The van der Waals surface area contributed by atoms with Crippen LogP contribution in [0.1, 0.15) is 17.3 Å². The number of pyridine rings is 1. The number of benzene rings is 2. The smallest absolute Gasteiger partial charge is 0.245 e. The van der Waals surface area contributed by atoms with Gasteiger partial charge in [0.2, 0.25) is 10.0 Å². The van der Waals surface area contributed by atoms with Crippen LogP contribution in [0.2, 0.25) is 0 Å². The Morgan fingerprint density at radius 2 is 1.60 bits per heavy atom. The summed E-state index contributed by atoms with van der Waals surface area (Å²) in [6, 6.07) is 20.7. The van der Waals surface area contributed by atoms with Gasteiger partial charge in [0.05, 0.1) is 18.8 Å². The van der Waals surface area contributed by atoms with E-state index in [-0.39, 0.29) is 4.90 Å². The molecule has 0 radical (unpaired) electrons. The third kappa shape index (κ3) is 3.87. The highest BCUT2D eigenvalue weighted by Crippen LogP contribution is 2.27. The number of para-hydroxylation sites is 1. The molecule has 0 spiro atoms. The molecule has 0 amide bonds. The average Bonchev–Trinajstić information content (AvgIpc) is 2.67. The number of aromatic nitrogens is 1. The first-order chi connectivity index (χ1) is 12.1. The molecule has 25 heavy (non-hydrogen) atoms. The fourth-order valence-electron chi connectivity index (χ4n) is 2.55. The molecule has 3 aromatic rings. The van der Waals surface area contributed by atoms with E-state index in [0.717, 1.165) is 5.56 Å². The molecule has 0 fully saturated rings. The summed E-state index contributed by atoms with van der Waals surface area (Å²) in [6.45, 7) is 0. The molecule has 0 aliphatic rings. The van der Waals surface area contributed by atoms with Crippen LogP contribution < -0.4 is 9.46 Å². The molecular weight excluding hydrogens is 336 g/mol. The van der Waals surface area contributed by atoms with Crippen molar-refractivity contribution in [2.75, 3.05) is 7.11 Å². The largest absolute Gasteiger partial charge is 0.495 e. The fraction of sp³-hybridized carbons (Fsp3) is 0.105. The van der Waals surface area contributed by atoms with Crippen LogP contribution in [0.4, 0.5) is 0 Å². The minimum Gasteiger partial charge on any atom is -0.495 e. The summed E-state index contributed by atoms with van der Waals surface area (Å²) in [5.74, 6) is 0.294. The molecule has 0 saturated carbocycles. The van der Waals surface area contributed by atoms with E-state index in [1.807, 2.05) is 36.4 Å². The van der Waals surface area contributed by atoms with Crippen molar-refractivity contribution < 1.29 is 13.2 Å². The van der Waals surface area contributed by atoms with E-state index in [1.54, 1.807) is 36.5 Å². The van der Waals surface area contributed by atoms with E-state index >= 15 is 0 Å². The van der Waals surface area contributed by atoms with Crippen molar-refractivity contribution in [1.82, 2.24) is 9.71 Å². The molecule has 0 saturated heterocycles. The lowest BCUT2D eigenvalue weighted by Gasteiger charge is -2.19. The van der Waals surface area contributed by atoms with Gasteiger partial charge in [0.15, 0.2) is 0 Å². The van der Waals surface area contributed by atoms with Gasteiger partial charge in [-0.3, -0.25) is 4.98 Å². The van der Waals surface area contributed by atoms with Gasteiger partial charge < -0.3 is 4.74 Å². The molecule has 0 aliphatic carbocycles. The number of rotatable bonds is 6. The number of nitrogens with zero attached hydrogens (tertiary/aromatic N) is 1. The number of methoxy groups -OCH3 is 1. The van der Waals surface area contributed by atoms with Crippen molar-refractivity contribution in [3.8, 4) is 5.75 Å². The Kier molecular flexibility index (Phi) is 5.11. The number of ether oxygens (including phenoxy) is 1. The summed E-state index contributed by atoms with van der Waals surface area (Å²) in [7, 11) is -2.37. The maximum atomic E-state index is 13.0. The van der Waals surface area contributed by atoms with E-state index in [9.17, 15) is 8.42 Å². The molecule has 5 nitrogen and oxygen atoms in total. The average molecular weight is 354 g/mol. The number of sulfonamides is 1. The van der Waals surface area contributed by atoms with Crippen LogP contribution >= 0.6 is 0 Å². The first kappa shape index (κ1) is 17.1. The van der Waals surface area contributed by atoms with Gasteiger partial charge in [-0.15, -0.1) is 0 Å². The van der Waals surface area contributed by atoms with Crippen LogP contribution in [0.5, 0.6) is 5.75 Å². The second-order valence-electron chi connectivity index (χ2n) is 5.37. The SMILES string of the molecule is COc1ccccc1S(=O)(=O)NC(c1ccccc1)c1ccccn1. The van der Waals surface area contributed by atoms with Crippen LogP contribution in [0.25, 0.3) is 0 Å². The third-order valence-electron chi connectivity index (χ3n) is 3.75. The number of hydrogen-bond acceptors (Lipinski definition) is 4. The molecule has 1 aromatic heterocycles. The van der Waals surface area contributed by atoms with Crippen molar-refractivity contribution in [3.05, 3.63) is 90.3 Å². The monoisotopic (exact) mass is 354 g/mol. The minimum atomic E-state index is -3.81. The van der Waals surface area contributed by atoms with Gasteiger partial charge in [-0.2, -0.15) is 4.72 Å². The highest BCUT2D eigenvalue weighted by atomic mass is 32.2.